The van der Waals surface area contributed by atoms with E-state index < -0.39 is 0 Å². The van der Waals surface area contributed by atoms with Gasteiger partial charge in [0.1, 0.15) is 17.8 Å². The van der Waals surface area contributed by atoms with Crippen molar-refractivity contribution in [3.05, 3.63) is 35.9 Å². The molecule has 90 valence electrons. The topological polar surface area (TPSA) is 62.3 Å². The first-order valence-corrected chi connectivity index (χ1v) is 5.50. The molecule has 0 bridgehead atoms. The molecule has 18 heavy (non-hydrogen) atoms. The van der Waals surface area contributed by atoms with Gasteiger partial charge in [0, 0.05) is 22.4 Å². The highest BCUT2D eigenvalue weighted by Gasteiger charge is 2.10. The molecule has 0 saturated carbocycles. The molecule has 3 rings (SSSR count). The fourth-order valence-corrected chi connectivity index (χ4v) is 2.18. The van der Waals surface area contributed by atoms with E-state index in [0.717, 1.165) is 28.3 Å². The van der Waals surface area contributed by atoms with E-state index in [1.165, 1.54) is 6.07 Å². The number of carbonyl (C=O) groups is 1. The van der Waals surface area contributed by atoms with Crippen molar-refractivity contribution >= 4 is 28.1 Å². The predicted molar refractivity (Wildman–Crippen MR) is 69.4 cm³/mol. The van der Waals surface area contributed by atoms with Crippen molar-refractivity contribution in [2.45, 2.75) is 0 Å². The largest absolute Gasteiger partial charge is 0.506 e. The van der Waals surface area contributed by atoms with E-state index >= 15 is 0 Å². The predicted octanol–water partition coefficient (Wildman–Crippen LogP) is 2.85. The standard InChI is InChI=1S/C14H11NO3/c1-18-9-2-3-10-11-4-8(7-16)5-13(17)14(11)15-12(10)6-9/h2-7,15,17H,1H3. The number of phenolic OH excluding ortho intramolecular Hbond substituents is 1. The van der Waals surface area contributed by atoms with E-state index in [-0.39, 0.29) is 5.75 Å². The molecule has 0 radical (unpaired) electrons. The number of ether oxygens (including phenoxy) is 1. The summed E-state index contributed by atoms with van der Waals surface area (Å²) in [4.78, 5) is 13.9. The molecule has 0 unspecified atom stereocenters. The minimum Gasteiger partial charge on any atom is -0.506 e. The lowest BCUT2D eigenvalue weighted by atomic mass is 10.1. The molecule has 0 amide bonds. The Kier molecular flexibility index (Phi) is 2.23. The van der Waals surface area contributed by atoms with Gasteiger partial charge in [-0.2, -0.15) is 0 Å². The zero-order valence-corrected chi connectivity index (χ0v) is 9.73. The average molecular weight is 241 g/mol. The summed E-state index contributed by atoms with van der Waals surface area (Å²) in [6, 6.07) is 8.81. The van der Waals surface area contributed by atoms with Gasteiger partial charge in [0.05, 0.1) is 18.1 Å². The third-order valence-corrected chi connectivity index (χ3v) is 3.05. The average Bonchev–Trinajstić information content (AvgIpc) is 2.76. The van der Waals surface area contributed by atoms with E-state index in [4.69, 9.17) is 4.74 Å². The second kappa shape index (κ2) is 3.77. The number of carbonyl (C=O) groups excluding carboxylic acids is 1. The molecule has 0 fully saturated rings. The van der Waals surface area contributed by atoms with Crippen molar-refractivity contribution in [2.75, 3.05) is 7.11 Å². The van der Waals surface area contributed by atoms with Gasteiger partial charge >= 0.3 is 0 Å². The number of phenols is 1. The molecule has 2 N–H and O–H groups in total. The normalized spacial score (nSPS) is 10.9. The Morgan fingerprint density at radius 2 is 2.06 bits per heavy atom. The lowest BCUT2D eigenvalue weighted by molar-refractivity contribution is 0.112. The Balaban J connectivity index is 2.43. The quantitative estimate of drug-likeness (QED) is 0.678. The van der Waals surface area contributed by atoms with E-state index in [1.54, 1.807) is 13.2 Å². The summed E-state index contributed by atoms with van der Waals surface area (Å²) in [6.07, 6.45) is 0.724. The first-order valence-electron chi connectivity index (χ1n) is 5.50. The van der Waals surface area contributed by atoms with E-state index in [0.29, 0.717) is 11.1 Å². The van der Waals surface area contributed by atoms with Crippen LogP contribution < -0.4 is 4.74 Å². The number of nitrogens with one attached hydrogen (secondary N) is 1. The smallest absolute Gasteiger partial charge is 0.150 e. The Morgan fingerprint density at radius 1 is 1.22 bits per heavy atom. The highest BCUT2D eigenvalue weighted by molar-refractivity contribution is 6.10. The number of aromatic hydroxyl groups is 1. The van der Waals surface area contributed by atoms with Crippen LogP contribution in [-0.2, 0) is 0 Å². The van der Waals surface area contributed by atoms with Gasteiger partial charge in [0.15, 0.2) is 0 Å². The summed E-state index contributed by atoms with van der Waals surface area (Å²) in [6.45, 7) is 0. The molecule has 0 aliphatic rings. The zero-order valence-electron chi connectivity index (χ0n) is 9.73. The number of aldehydes is 1. The Morgan fingerprint density at radius 3 is 2.78 bits per heavy atom. The van der Waals surface area contributed by atoms with Gasteiger partial charge in [-0.15, -0.1) is 0 Å². The van der Waals surface area contributed by atoms with Gasteiger partial charge in [0.2, 0.25) is 0 Å². The van der Waals surface area contributed by atoms with Crippen LogP contribution in [0.25, 0.3) is 21.8 Å². The van der Waals surface area contributed by atoms with E-state index in [2.05, 4.69) is 4.98 Å². The molecule has 4 nitrogen and oxygen atoms in total. The van der Waals surface area contributed by atoms with Gasteiger partial charge < -0.3 is 14.8 Å². The fourth-order valence-electron chi connectivity index (χ4n) is 2.18. The Labute approximate surface area is 103 Å². The molecular weight excluding hydrogens is 230 g/mol. The lowest BCUT2D eigenvalue weighted by Crippen LogP contribution is -1.81. The van der Waals surface area contributed by atoms with Crippen LogP contribution in [0.15, 0.2) is 30.3 Å². The molecule has 0 aliphatic heterocycles. The van der Waals surface area contributed by atoms with E-state index in [1.807, 2.05) is 18.2 Å². The number of methoxy groups -OCH3 is 1. The summed E-state index contributed by atoms with van der Waals surface area (Å²) in [5.74, 6) is 0.814. The molecular formula is C14H11NO3. The van der Waals surface area contributed by atoms with Crippen molar-refractivity contribution in [3.8, 4) is 11.5 Å². The molecule has 3 aromatic rings. The van der Waals surface area contributed by atoms with Crippen LogP contribution in [0.5, 0.6) is 11.5 Å². The van der Waals surface area contributed by atoms with Gasteiger partial charge in [-0.1, -0.05) is 0 Å². The lowest BCUT2D eigenvalue weighted by Gasteiger charge is -1.98. The summed E-state index contributed by atoms with van der Waals surface area (Å²) in [7, 11) is 1.60. The maximum absolute atomic E-state index is 10.8. The van der Waals surface area contributed by atoms with Crippen LogP contribution in [0.1, 0.15) is 10.4 Å². The van der Waals surface area contributed by atoms with Crippen molar-refractivity contribution in [2.24, 2.45) is 0 Å². The Bertz CT molecular complexity index is 758. The van der Waals surface area contributed by atoms with Crippen molar-refractivity contribution in [1.82, 2.24) is 4.98 Å². The highest BCUT2D eigenvalue weighted by Crippen LogP contribution is 2.33. The summed E-state index contributed by atoms with van der Waals surface area (Å²) in [5.41, 5.74) is 1.95. The molecule has 0 aliphatic carbocycles. The number of rotatable bonds is 2. The number of hydrogen-bond acceptors (Lipinski definition) is 3. The van der Waals surface area contributed by atoms with Crippen LogP contribution >= 0.6 is 0 Å². The van der Waals surface area contributed by atoms with Gasteiger partial charge in [-0.3, -0.25) is 4.79 Å². The van der Waals surface area contributed by atoms with Crippen LogP contribution in [0.3, 0.4) is 0 Å². The summed E-state index contributed by atoms with van der Waals surface area (Å²) >= 11 is 0. The number of aromatic nitrogens is 1. The maximum atomic E-state index is 10.8. The number of aromatic amines is 1. The van der Waals surface area contributed by atoms with E-state index in [9.17, 15) is 9.90 Å². The van der Waals surface area contributed by atoms with Crippen LogP contribution in [0.2, 0.25) is 0 Å². The molecule has 1 aromatic heterocycles. The molecule has 4 heteroatoms. The van der Waals surface area contributed by atoms with Crippen LogP contribution in [0, 0.1) is 0 Å². The SMILES string of the molecule is COc1ccc2c(c1)[nH]c1c(O)cc(C=O)cc12. The first kappa shape index (κ1) is 10.7. The minimum atomic E-state index is 0.0739. The second-order valence-corrected chi connectivity index (χ2v) is 4.12. The molecule has 2 aromatic carbocycles. The van der Waals surface area contributed by atoms with Crippen molar-refractivity contribution in [3.63, 3.8) is 0 Å². The zero-order chi connectivity index (χ0) is 12.7. The fraction of sp³-hybridized carbons (Fsp3) is 0.0714. The number of H-pyrrole nitrogens is 1. The number of hydrogen-bond donors (Lipinski definition) is 2. The van der Waals surface area contributed by atoms with Gasteiger partial charge in [-0.05, 0) is 24.3 Å². The third-order valence-electron chi connectivity index (χ3n) is 3.05. The third kappa shape index (κ3) is 1.43. The second-order valence-electron chi connectivity index (χ2n) is 4.12. The molecule has 0 spiro atoms. The first-order chi connectivity index (χ1) is 8.72. The number of benzene rings is 2. The minimum absolute atomic E-state index is 0.0739. The monoisotopic (exact) mass is 241 g/mol. The molecule has 1 heterocycles. The maximum Gasteiger partial charge on any atom is 0.150 e. The van der Waals surface area contributed by atoms with Crippen LogP contribution in [0.4, 0.5) is 0 Å². The number of fused-ring (bicyclic) bond motifs is 3. The van der Waals surface area contributed by atoms with Gasteiger partial charge in [0.25, 0.3) is 0 Å². The Hall–Kier alpha value is -2.49. The highest BCUT2D eigenvalue weighted by atomic mass is 16.5. The molecule has 0 saturated heterocycles. The van der Waals surface area contributed by atoms with Crippen LogP contribution in [-0.4, -0.2) is 23.5 Å². The summed E-state index contributed by atoms with van der Waals surface area (Å²) < 4.78 is 5.15. The van der Waals surface area contributed by atoms with Crippen molar-refractivity contribution in [1.29, 1.82) is 0 Å². The summed E-state index contributed by atoms with van der Waals surface area (Å²) in [5, 5.41) is 11.7. The van der Waals surface area contributed by atoms with Gasteiger partial charge in [-0.25, -0.2) is 0 Å². The molecule has 0 atom stereocenters. The van der Waals surface area contributed by atoms with Crippen molar-refractivity contribution < 1.29 is 14.6 Å².